The zero-order valence-corrected chi connectivity index (χ0v) is 11.7. The van der Waals surface area contributed by atoms with Crippen LogP contribution < -0.4 is 5.32 Å². The molecule has 0 aliphatic rings. The summed E-state index contributed by atoms with van der Waals surface area (Å²) in [7, 11) is 1.35. The van der Waals surface area contributed by atoms with Gasteiger partial charge in [-0.1, -0.05) is 31.2 Å². The highest BCUT2D eigenvalue weighted by Crippen LogP contribution is 2.05. The van der Waals surface area contributed by atoms with Gasteiger partial charge in [0, 0.05) is 19.5 Å². The Balaban J connectivity index is 2.20. The van der Waals surface area contributed by atoms with Crippen molar-refractivity contribution in [2.45, 2.75) is 38.8 Å². The first kappa shape index (κ1) is 15.7. The molecule has 4 heteroatoms. The number of ether oxygens (including phenoxy) is 1. The van der Waals surface area contributed by atoms with Crippen LogP contribution in [0.4, 0.5) is 0 Å². The number of esters is 1. The molecule has 0 radical (unpaired) electrons. The molecule has 1 aromatic carbocycles. The van der Waals surface area contributed by atoms with Gasteiger partial charge in [0.25, 0.3) is 0 Å². The van der Waals surface area contributed by atoms with E-state index in [2.05, 4.69) is 41.2 Å². The highest BCUT2D eigenvalue weighted by atomic mass is 16.5. The fourth-order valence-electron chi connectivity index (χ4n) is 1.76. The van der Waals surface area contributed by atoms with E-state index in [9.17, 15) is 9.90 Å². The molecule has 0 amide bonds. The Labute approximate surface area is 114 Å². The van der Waals surface area contributed by atoms with Gasteiger partial charge in [0.1, 0.15) is 0 Å². The van der Waals surface area contributed by atoms with E-state index in [-0.39, 0.29) is 12.4 Å². The van der Waals surface area contributed by atoms with Crippen molar-refractivity contribution in [3.8, 4) is 0 Å². The number of carbonyl (C=O) groups excluding carboxylic acids is 1. The summed E-state index contributed by atoms with van der Waals surface area (Å²) in [6.45, 7) is 3.33. The molecule has 0 saturated heterocycles. The summed E-state index contributed by atoms with van der Waals surface area (Å²) in [5.74, 6) is -0.283. The second-order valence-corrected chi connectivity index (χ2v) is 4.57. The van der Waals surface area contributed by atoms with Gasteiger partial charge in [-0.15, -0.1) is 0 Å². The fraction of sp³-hybridized carbons (Fsp3) is 0.533. The molecule has 2 N–H and O–H groups in total. The molecule has 4 nitrogen and oxygen atoms in total. The zero-order valence-electron chi connectivity index (χ0n) is 11.7. The van der Waals surface area contributed by atoms with Crippen molar-refractivity contribution in [3.05, 3.63) is 35.4 Å². The van der Waals surface area contributed by atoms with Crippen molar-refractivity contribution in [2.75, 3.05) is 13.7 Å². The average molecular weight is 265 g/mol. The highest BCUT2D eigenvalue weighted by molar-refractivity contribution is 5.69. The summed E-state index contributed by atoms with van der Waals surface area (Å²) in [4.78, 5) is 10.9. The Morgan fingerprint density at radius 2 is 1.95 bits per heavy atom. The molecular formula is C15H23NO3. The van der Waals surface area contributed by atoms with Gasteiger partial charge in [0.2, 0.25) is 0 Å². The normalized spacial score (nSPS) is 12.2. The van der Waals surface area contributed by atoms with Crippen molar-refractivity contribution in [1.82, 2.24) is 5.32 Å². The summed E-state index contributed by atoms with van der Waals surface area (Å²) >= 11 is 0. The largest absolute Gasteiger partial charge is 0.469 e. The van der Waals surface area contributed by atoms with Crippen molar-refractivity contribution in [3.63, 3.8) is 0 Å². The van der Waals surface area contributed by atoms with Gasteiger partial charge < -0.3 is 15.2 Å². The fourth-order valence-corrected chi connectivity index (χ4v) is 1.76. The number of aliphatic hydroxyl groups excluding tert-OH is 1. The van der Waals surface area contributed by atoms with Crippen molar-refractivity contribution < 1.29 is 14.6 Å². The third-order valence-corrected chi connectivity index (χ3v) is 3.05. The maximum absolute atomic E-state index is 10.9. The topological polar surface area (TPSA) is 58.6 Å². The molecule has 0 aliphatic heterocycles. The van der Waals surface area contributed by atoms with Gasteiger partial charge in [0.05, 0.1) is 13.2 Å². The Hall–Kier alpha value is -1.39. The van der Waals surface area contributed by atoms with Gasteiger partial charge in [-0.25, -0.2) is 0 Å². The summed E-state index contributed by atoms with van der Waals surface area (Å²) < 4.78 is 4.53. The minimum Gasteiger partial charge on any atom is -0.469 e. The van der Waals surface area contributed by atoms with Crippen LogP contribution in [0.15, 0.2) is 24.3 Å². The van der Waals surface area contributed by atoms with E-state index in [0.29, 0.717) is 13.0 Å². The second-order valence-electron chi connectivity index (χ2n) is 4.57. The lowest BCUT2D eigenvalue weighted by Gasteiger charge is -2.11. The smallest absolute Gasteiger partial charge is 0.305 e. The number of benzene rings is 1. The van der Waals surface area contributed by atoms with Gasteiger partial charge >= 0.3 is 5.97 Å². The minimum absolute atomic E-state index is 0.255. The lowest BCUT2D eigenvalue weighted by molar-refractivity contribution is -0.141. The number of carbonyl (C=O) groups is 1. The predicted molar refractivity (Wildman–Crippen MR) is 74.8 cm³/mol. The quantitative estimate of drug-likeness (QED) is 0.702. The van der Waals surface area contributed by atoms with Crippen LogP contribution in [0, 0.1) is 0 Å². The van der Waals surface area contributed by atoms with Gasteiger partial charge in [-0.05, 0) is 24.0 Å². The summed E-state index contributed by atoms with van der Waals surface area (Å²) in [5, 5.41) is 12.9. The first-order valence-electron chi connectivity index (χ1n) is 6.69. The predicted octanol–water partition coefficient (Wildman–Crippen LogP) is 1.65. The standard InChI is InChI=1S/C15H23NO3/c1-3-12-4-6-13(7-5-12)10-16-11-14(17)8-9-15(18)19-2/h4-7,14,16-17H,3,8-11H2,1-2H3. The van der Waals surface area contributed by atoms with Crippen LogP contribution >= 0.6 is 0 Å². The average Bonchev–Trinajstić information content (AvgIpc) is 2.45. The monoisotopic (exact) mass is 265 g/mol. The number of nitrogens with one attached hydrogen (secondary N) is 1. The van der Waals surface area contributed by atoms with E-state index in [1.165, 1.54) is 18.2 Å². The Morgan fingerprint density at radius 3 is 2.53 bits per heavy atom. The van der Waals surface area contributed by atoms with Gasteiger partial charge in [-0.2, -0.15) is 0 Å². The van der Waals surface area contributed by atoms with Crippen LogP contribution in [0.3, 0.4) is 0 Å². The lowest BCUT2D eigenvalue weighted by Crippen LogP contribution is -2.27. The van der Waals surface area contributed by atoms with E-state index >= 15 is 0 Å². The molecule has 0 heterocycles. The van der Waals surface area contributed by atoms with Crippen LogP contribution in [0.2, 0.25) is 0 Å². The van der Waals surface area contributed by atoms with Gasteiger partial charge in [-0.3, -0.25) is 4.79 Å². The lowest BCUT2D eigenvalue weighted by atomic mass is 10.1. The van der Waals surface area contributed by atoms with Crippen LogP contribution in [-0.2, 0) is 22.5 Å². The van der Waals surface area contributed by atoms with Crippen molar-refractivity contribution in [2.24, 2.45) is 0 Å². The number of aryl methyl sites for hydroxylation is 1. The van der Waals surface area contributed by atoms with Gasteiger partial charge in [0.15, 0.2) is 0 Å². The van der Waals surface area contributed by atoms with Crippen molar-refractivity contribution >= 4 is 5.97 Å². The molecule has 19 heavy (non-hydrogen) atoms. The SMILES string of the molecule is CCc1ccc(CNCC(O)CCC(=O)OC)cc1. The maximum Gasteiger partial charge on any atom is 0.305 e. The molecule has 1 unspecified atom stereocenters. The summed E-state index contributed by atoms with van der Waals surface area (Å²) in [6.07, 6.45) is 1.20. The first-order chi connectivity index (χ1) is 9.15. The van der Waals surface area contributed by atoms with E-state index in [4.69, 9.17) is 0 Å². The van der Waals surface area contributed by atoms with Crippen LogP contribution in [0.25, 0.3) is 0 Å². The minimum atomic E-state index is -0.519. The molecule has 0 spiro atoms. The van der Waals surface area contributed by atoms with E-state index in [1.54, 1.807) is 0 Å². The molecule has 1 atom stereocenters. The number of hydrogen-bond donors (Lipinski definition) is 2. The van der Waals surface area contributed by atoms with Crippen LogP contribution in [0.1, 0.15) is 30.9 Å². The highest BCUT2D eigenvalue weighted by Gasteiger charge is 2.07. The molecule has 1 aromatic rings. The molecule has 0 aliphatic carbocycles. The molecule has 1 rings (SSSR count). The Bertz CT molecular complexity index is 375. The maximum atomic E-state index is 10.9. The Kier molecular flexibility index (Phi) is 7.15. The third-order valence-electron chi connectivity index (χ3n) is 3.05. The molecular weight excluding hydrogens is 242 g/mol. The number of hydrogen-bond acceptors (Lipinski definition) is 4. The first-order valence-corrected chi connectivity index (χ1v) is 6.69. The van der Waals surface area contributed by atoms with E-state index in [1.807, 2.05) is 0 Å². The zero-order chi connectivity index (χ0) is 14.1. The van der Waals surface area contributed by atoms with Crippen molar-refractivity contribution in [1.29, 1.82) is 0 Å². The van der Waals surface area contributed by atoms with E-state index in [0.717, 1.165) is 13.0 Å². The van der Waals surface area contributed by atoms with Crippen LogP contribution in [-0.4, -0.2) is 30.8 Å². The summed E-state index contributed by atoms with van der Waals surface area (Å²) in [5.41, 5.74) is 2.51. The molecule has 0 aromatic heterocycles. The number of aliphatic hydroxyl groups is 1. The molecule has 106 valence electrons. The Morgan fingerprint density at radius 1 is 1.32 bits per heavy atom. The van der Waals surface area contributed by atoms with Crippen LogP contribution in [0.5, 0.6) is 0 Å². The summed E-state index contributed by atoms with van der Waals surface area (Å²) in [6, 6.07) is 8.41. The molecule has 0 fully saturated rings. The second kappa shape index (κ2) is 8.67. The van der Waals surface area contributed by atoms with E-state index < -0.39 is 6.10 Å². The number of rotatable bonds is 8. The molecule has 0 bridgehead atoms. The third kappa shape index (κ3) is 6.36. The molecule has 0 saturated carbocycles. The number of methoxy groups -OCH3 is 1.